The van der Waals surface area contributed by atoms with Crippen molar-refractivity contribution in [1.29, 1.82) is 0 Å². The quantitative estimate of drug-likeness (QED) is 0.566. The molecule has 0 aromatic heterocycles. The molecule has 5 heteroatoms. The second-order valence-electron chi connectivity index (χ2n) is 3.26. The number of aliphatic hydroxyl groups excluding tert-OH is 1. The highest BCUT2D eigenvalue weighted by Crippen LogP contribution is 1.99. The van der Waals surface area contributed by atoms with Crippen molar-refractivity contribution in [1.82, 2.24) is 4.90 Å². The molecule has 0 aromatic carbocycles. The normalized spacial score (nSPS) is 13.1. The lowest BCUT2D eigenvalue weighted by Gasteiger charge is -2.22. The molecule has 0 radical (unpaired) electrons. The third-order valence-electron chi connectivity index (χ3n) is 1.98. The van der Waals surface area contributed by atoms with E-state index in [4.69, 9.17) is 14.9 Å². The summed E-state index contributed by atoms with van der Waals surface area (Å²) in [6.07, 6.45) is 0. The first-order valence-electron chi connectivity index (χ1n) is 4.66. The maximum Gasteiger partial charge on any atom is 0.307 e. The van der Waals surface area contributed by atoms with Crippen molar-refractivity contribution < 1.29 is 19.7 Å². The van der Waals surface area contributed by atoms with Crippen LogP contribution in [0.25, 0.3) is 0 Å². The van der Waals surface area contributed by atoms with Crippen LogP contribution in [0.3, 0.4) is 0 Å². The molecular weight excluding hydrogens is 186 g/mol. The lowest BCUT2D eigenvalue weighted by Crippen LogP contribution is -2.36. The highest BCUT2D eigenvalue weighted by Gasteiger charge is 2.15. The number of hydrogen-bond donors (Lipinski definition) is 2. The van der Waals surface area contributed by atoms with E-state index < -0.39 is 11.9 Å². The van der Waals surface area contributed by atoms with E-state index in [1.54, 1.807) is 14.0 Å². The van der Waals surface area contributed by atoms with Crippen molar-refractivity contribution in [2.24, 2.45) is 5.92 Å². The molecule has 84 valence electrons. The van der Waals surface area contributed by atoms with Crippen molar-refractivity contribution in [2.45, 2.75) is 6.92 Å². The zero-order valence-electron chi connectivity index (χ0n) is 8.77. The van der Waals surface area contributed by atoms with Gasteiger partial charge in [-0.15, -0.1) is 0 Å². The van der Waals surface area contributed by atoms with E-state index in [0.717, 1.165) is 0 Å². The average Bonchev–Trinajstić information content (AvgIpc) is 2.14. The fourth-order valence-electron chi connectivity index (χ4n) is 1.12. The van der Waals surface area contributed by atoms with Crippen LogP contribution in [-0.2, 0) is 9.53 Å². The Morgan fingerprint density at radius 1 is 1.50 bits per heavy atom. The molecule has 1 atom stereocenters. The molecule has 0 fully saturated rings. The molecule has 0 bridgehead atoms. The molecule has 0 spiro atoms. The topological polar surface area (TPSA) is 70.0 Å². The van der Waals surface area contributed by atoms with Crippen molar-refractivity contribution >= 4 is 5.97 Å². The Morgan fingerprint density at radius 2 is 2.14 bits per heavy atom. The fraction of sp³-hybridized carbons (Fsp3) is 0.889. The van der Waals surface area contributed by atoms with Crippen LogP contribution < -0.4 is 0 Å². The zero-order valence-corrected chi connectivity index (χ0v) is 8.77. The van der Waals surface area contributed by atoms with Crippen LogP contribution in [0.5, 0.6) is 0 Å². The molecule has 0 aliphatic carbocycles. The zero-order chi connectivity index (χ0) is 11.0. The summed E-state index contributed by atoms with van der Waals surface area (Å²) in [5.74, 6) is -1.23. The molecule has 0 aromatic rings. The summed E-state index contributed by atoms with van der Waals surface area (Å²) in [7, 11) is 1.59. The summed E-state index contributed by atoms with van der Waals surface area (Å²) in [5, 5.41) is 17.5. The summed E-state index contributed by atoms with van der Waals surface area (Å²) in [6.45, 7) is 3.82. The molecular formula is C9H19NO4. The van der Waals surface area contributed by atoms with Crippen LogP contribution in [0.2, 0.25) is 0 Å². The summed E-state index contributed by atoms with van der Waals surface area (Å²) >= 11 is 0. The van der Waals surface area contributed by atoms with Gasteiger partial charge in [0.2, 0.25) is 0 Å². The van der Waals surface area contributed by atoms with Crippen molar-refractivity contribution in [2.75, 3.05) is 40.0 Å². The minimum atomic E-state index is -0.814. The molecule has 0 rings (SSSR count). The predicted molar refractivity (Wildman–Crippen MR) is 52.2 cm³/mol. The van der Waals surface area contributed by atoms with Crippen LogP contribution in [0, 0.1) is 5.92 Å². The van der Waals surface area contributed by atoms with E-state index in [2.05, 4.69) is 0 Å². The van der Waals surface area contributed by atoms with Crippen LogP contribution >= 0.6 is 0 Å². The number of methoxy groups -OCH3 is 1. The minimum Gasteiger partial charge on any atom is -0.481 e. The summed E-state index contributed by atoms with van der Waals surface area (Å²) in [4.78, 5) is 12.5. The Kier molecular flexibility index (Phi) is 7.37. The SMILES string of the molecule is COCCN(CCO)CC(C)C(=O)O. The maximum absolute atomic E-state index is 10.6. The number of carboxylic acid groups (broad SMARTS) is 1. The van der Waals surface area contributed by atoms with Gasteiger partial charge in [0.25, 0.3) is 0 Å². The number of aliphatic hydroxyl groups is 1. The lowest BCUT2D eigenvalue weighted by atomic mass is 10.1. The fourth-order valence-corrected chi connectivity index (χ4v) is 1.12. The van der Waals surface area contributed by atoms with Gasteiger partial charge in [0, 0.05) is 26.7 Å². The van der Waals surface area contributed by atoms with Crippen LogP contribution in [0.4, 0.5) is 0 Å². The Hall–Kier alpha value is -0.650. The molecule has 0 saturated heterocycles. The highest BCUT2D eigenvalue weighted by molar-refractivity contribution is 5.69. The second-order valence-corrected chi connectivity index (χ2v) is 3.26. The van der Waals surface area contributed by atoms with Crippen molar-refractivity contribution in [3.63, 3.8) is 0 Å². The number of aliphatic carboxylic acids is 1. The molecule has 5 nitrogen and oxygen atoms in total. The Balaban J connectivity index is 3.87. The third kappa shape index (κ3) is 5.90. The van der Waals surface area contributed by atoms with E-state index in [1.165, 1.54) is 0 Å². The first-order chi connectivity index (χ1) is 6.61. The lowest BCUT2D eigenvalue weighted by molar-refractivity contribution is -0.141. The molecule has 2 N–H and O–H groups in total. The Morgan fingerprint density at radius 3 is 2.57 bits per heavy atom. The van der Waals surface area contributed by atoms with E-state index in [1.807, 2.05) is 4.90 Å². The number of rotatable bonds is 8. The van der Waals surface area contributed by atoms with Crippen LogP contribution in [-0.4, -0.2) is 61.0 Å². The van der Waals surface area contributed by atoms with Gasteiger partial charge in [0.15, 0.2) is 0 Å². The molecule has 0 heterocycles. The van der Waals surface area contributed by atoms with Gasteiger partial charge < -0.3 is 14.9 Å². The summed E-state index contributed by atoms with van der Waals surface area (Å²) < 4.78 is 4.89. The average molecular weight is 205 g/mol. The smallest absolute Gasteiger partial charge is 0.307 e. The van der Waals surface area contributed by atoms with Gasteiger partial charge in [-0.25, -0.2) is 0 Å². The molecule has 0 amide bonds. The van der Waals surface area contributed by atoms with E-state index in [9.17, 15) is 4.79 Å². The summed E-state index contributed by atoms with van der Waals surface area (Å²) in [6, 6.07) is 0. The number of hydrogen-bond acceptors (Lipinski definition) is 4. The van der Waals surface area contributed by atoms with Crippen molar-refractivity contribution in [3.05, 3.63) is 0 Å². The molecule has 14 heavy (non-hydrogen) atoms. The maximum atomic E-state index is 10.6. The minimum absolute atomic E-state index is 0.0378. The van der Waals surface area contributed by atoms with Gasteiger partial charge in [-0.2, -0.15) is 0 Å². The van der Waals surface area contributed by atoms with Gasteiger partial charge in [0.05, 0.1) is 19.1 Å². The highest BCUT2D eigenvalue weighted by atomic mass is 16.5. The van der Waals surface area contributed by atoms with Gasteiger partial charge in [0.1, 0.15) is 0 Å². The second kappa shape index (κ2) is 7.73. The predicted octanol–water partition coefficient (Wildman–Crippen LogP) is -0.352. The van der Waals surface area contributed by atoms with E-state index in [0.29, 0.717) is 26.2 Å². The molecule has 0 saturated carbocycles. The Bertz CT molecular complexity index is 163. The van der Waals surface area contributed by atoms with Crippen LogP contribution in [0.15, 0.2) is 0 Å². The van der Waals surface area contributed by atoms with Gasteiger partial charge in [-0.05, 0) is 0 Å². The third-order valence-corrected chi connectivity index (χ3v) is 1.98. The standard InChI is InChI=1S/C9H19NO4/c1-8(9(12)13)7-10(3-5-11)4-6-14-2/h8,11H,3-7H2,1-2H3,(H,12,13). The Labute approximate surface area is 84.3 Å². The van der Waals surface area contributed by atoms with E-state index in [-0.39, 0.29) is 6.61 Å². The van der Waals surface area contributed by atoms with Crippen molar-refractivity contribution in [3.8, 4) is 0 Å². The first kappa shape index (κ1) is 13.4. The summed E-state index contributed by atoms with van der Waals surface area (Å²) in [5.41, 5.74) is 0. The monoisotopic (exact) mass is 205 g/mol. The van der Waals surface area contributed by atoms with Gasteiger partial charge >= 0.3 is 5.97 Å². The number of nitrogens with zero attached hydrogens (tertiary/aromatic N) is 1. The van der Waals surface area contributed by atoms with Crippen LogP contribution in [0.1, 0.15) is 6.92 Å². The van der Waals surface area contributed by atoms with Gasteiger partial charge in [-0.3, -0.25) is 9.69 Å². The molecule has 0 aliphatic rings. The first-order valence-corrected chi connectivity index (χ1v) is 4.66. The largest absolute Gasteiger partial charge is 0.481 e. The number of carbonyl (C=O) groups is 1. The van der Waals surface area contributed by atoms with E-state index >= 15 is 0 Å². The van der Waals surface area contributed by atoms with Gasteiger partial charge in [-0.1, -0.05) is 6.92 Å². The number of ether oxygens (including phenoxy) is 1. The molecule has 1 unspecified atom stereocenters. The molecule has 0 aliphatic heterocycles. The number of carboxylic acids is 1.